The second-order valence-corrected chi connectivity index (χ2v) is 8.37. The van der Waals surface area contributed by atoms with Crippen LogP contribution in [0.5, 0.6) is 0 Å². The molecule has 8 nitrogen and oxygen atoms in total. The monoisotopic (exact) mass is 400 g/mol. The van der Waals surface area contributed by atoms with Gasteiger partial charge in [-0.1, -0.05) is 34.9 Å². The highest BCUT2D eigenvalue weighted by Gasteiger charge is 2.31. The van der Waals surface area contributed by atoms with Crippen molar-refractivity contribution < 1.29 is 23.2 Å². The van der Waals surface area contributed by atoms with Gasteiger partial charge in [0.05, 0.1) is 6.16 Å². The molecule has 0 spiro atoms. The molecule has 11 N–H and O–H groups in total. The van der Waals surface area contributed by atoms with Crippen molar-refractivity contribution in [3.63, 3.8) is 0 Å². The Morgan fingerprint density at radius 1 is 0.960 bits per heavy atom. The van der Waals surface area contributed by atoms with Crippen LogP contribution in [0.3, 0.4) is 0 Å². The summed E-state index contributed by atoms with van der Waals surface area (Å²) in [7, 11) is -7.07. The Kier molecular flexibility index (Phi) is 21.5. The first-order chi connectivity index (χ1) is 10.1. The van der Waals surface area contributed by atoms with E-state index in [1.54, 1.807) is 6.08 Å². The van der Waals surface area contributed by atoms with Gasteiger partial charge in [-0.2, -0.15) is 0 Å². The molecule has 0 aliphatic heterocycles. The highest BCUT2D eigenvalue weighted by Crippen LogP contribution is 2.49. The highest BCUT2D eigenvalue weighted by molar-refractivity contribution is 7.59. The van der Waals surface area contributed by atoms with Gasteiger partial charge in [0.25, 0.3) is 0 Å². The van der Waals surface area contributed by atoms with Crippen molar-refractivity contribution in [2.45, 2.75) is 53.4 Å². The van der Waals surface area contributed by atoms with Gasteiger partial charge in [0.2, 0.25) is 0 Å². The molecular weight excluding hydrogens is 364 g/mol. The van der Waals surface area contributed by atoms with Gasteiger partial charge in [0.15, 0.2) is 0 Å². The van der Waals surface area contributed by atoms with Crippen molar-refractivity contribution in [3.05, 3.63) is 34.9 Å². The molecule has 0 amide bonds. The standard InChI is InChI=1S/C15H26O5P2.3H3N/c1-13(2)7-5-8-14(3)9-6-10-15(4)11-12-22(18,19)20-21(16)17;;;/h7,9,11H,5-6,8,10,12H2,1-4H3,(H-,16,17,18,19);3*1H3/p+1. The Bertz CT molecular complexity index is 515. The first kappa shape index (κ1) is 32.0. The molecule has 0 saturated heterocycles. The van der Waals surface area contributed by atoms with Crippen LogP contribution in [0.25, 0.3) is 0 Å². The van der Waals surface area contributed by atoms with E-state index in [-0.39, 0.29) is 24.6 Å². The molecule has 0 fully saturated rings. The van der Waals surface area contributed by atoms with E-state index in [1.807, 2.05) is 6.92 Å². The molecule has 2 unspecified atom stereocenters. The van der Waals surface area contributed by atoms with E-state index in [4.69, 9.17) is 4.89 Å². The average Bonchev–Trinajstić information content (AvgIpc) is 2.34. The zero-order chi connectivity index (χ0) is 17.2. The molecule has 0 saturated carbocycles. The van der Waals surface area contributed by atoms with Gasteiger partial charge in [-0.15, -0.1) is 4.89 Å². The van der Waals surface area contributed by atoms with Gasteiger partial charge in [0, 0.05) is 4.57 Å². The summed E-state index contributed by atoms with van der Waals surface area (Å²) in [5, 5.41) is 0. The maximum Gasteiger partial charge on any atom is 0.703 e. The van der Waals surface area contributed by atoms with Crippen LogP contribution in [-0.4, -0.2) is 15.9 Å². The molecular formula is C15H36N3O5P2+. The molecule has 25 heavy (non-hydrogen) atoms. The Morgan fingerprint density at radius 3 is 1.84 bits per heavy atom. The van der Waals surface area contributed by atoms with Gasteiger partial charge in [-0.3, -0.25) is 4.57 Å². The number of rotatable bonds is 10. The Balaban J connectivity index is -0.000000735. The van der Waals surface area contributed by atoms with Crippen molar-refractivity contribution in [1.29, 1.82) is 0 Å². The molecule has 0 aliphatic rings. The lowest BCUT2D eigenvalue weighted by atomic mass is 10.1. The van der Waals surface area contributed by atoms with E-state index in [0.717, 1.165) is 31.3 Å². The van der Waals surface area contributed by atoms with Gasteiger partial charge in [-0.25, -0.2) is 0 Å². The van der Waals surface area contributed by atoms with Crippen LogP contribution >= 0.6 is 15.9 Å². The third-order valence-electron chi connectivity index (χ3n) is 2.99. The minimum Gasteiger partial charge on any atom is -0.344 e. The van der Waals surface area contributed by atoms with Crippen LogP contribution in [0.4, 0.5) is 0 Å². The topological polar surface area (TPSA) is 189 Å². The lowest BCUT2D eigenvalue weighted by molar-refractivity contribution is 0.352. The molecule has 0 aromatic heterocycles. The molecule has 0 aromatic carbocycles. The van der Waals surface area contributed by atoms with Gasteiger partial charge in [-0.05, 0) is 57.7 Å². The van der Waals surface area contributed by atoms with Crippen molar-refractivity contribution in [2.24, 2.45) is 0 Å². The Morgan fingerprint density at radius 2 is 1.40 bits per heavy atom. The van der Waals surface area contributed by atoms with E-state index >= 15 is 0 Å². The van der Waals surface area contributed by atoms with Gasteiger partial charge >= 0.3 is 15.9 Å². The van der Waals surface area contributed by atoms with Gasteiger partial charge < -0.3 is 23.3 Å². The molecule has 0 aromatic rings. The van der Waals surface area contributed by atoms with Crippen molar-refractivity contribution in [2.75, 3.05) is 6.16 Å². The van der Waals surface area contributed by atoms with E-state index in [1.165, 1.54) is 11.1 Å². The molecule has 10 heteroatoms. The lowest BCUT2D eigenvalue weighted by Crippen LogP contribution is -1.88. The minimum absolute atomic E-state index is 0. The lowest BCUT2D eigenvalue weighted by Gasteiger charge is -2.03. The van der Waals surface area contributed by atoms with Crippen molar-refractivity contribution in [1.82, 2.24) is 18.5 Å². The molecule has 0 rings (SSSR count). The fraction of sp³-hybridized carbons (Fsp3) is 0.600. The third kappa shape index (κ3) is 21.3. The summed E-state index contributed by atoms with van der Waals surface area (Å²) in [6.07, 6.45) is 9.47. The van der Waals surface area contributed by atoms with Crippen LogP contribution in [0.1, 0.15) is 53.4 Å². The normalized spacial score (nSPS) is 14.2. The fourth-order valence-corrected chi connectivity index (χ4v) is 3.43. The molecule has 150 valence electrons. The van der Waals surface area contributed by atoms with E-state index < -0.39 is 15.9 Å². The zero-order valence-electron chi connectivity index (χ0n) is 15.9. The Hall–Kier alpha value is -0.690. The predicted molar refractivity (Wildman–Crippen MR) is 106 cm³/mol. The van der Waals surface area contributed by atoms with E-state index in [9.17, 15) is 14.0 Å². The van der Waals surface area contributed by atoms with Gasteiger partial charge in [0.1, 0.15) is 0 Å². The Labute approximate surface area is 152 Å². The molecule has 0 bridgehead atoms. The van der Waals surface area contributed by atoms with Crippen LogP contribution in [-0.2, 0) is 13.4 Å². The largest absolute Gasteiger partial charge is 0.703 e. The van der Waals surface area contributed by atoms with Crippen molar-refractivity contribution in [3.8, 4) is 0 Å². The zero-order valence-corrected chi connectivity index (χ0v) is 17.7. The average molecular weight is 400 g/mol. The predicted octanol–water partition coefficient (Wildman–Crippen LogP) is 5.74. The van der Waals surface area contributed by atoms with Crippen LogP contribution in [0, 0.1) is 0 Å². The first-order valence-electron chi connectivity index (χ1n) is 7.24. The molecule has 0 radical (unpaired) electrons. The number of hydrogen-bond donors (Lipinski definition) is 5. The highest BCUT2D eigenvalue weighted by atomic mass is 31.2. The van der Waals surface area contributed by atoms with Crippen LogP contribution < -0.4 is 18.5 Å². The quantitative estimate of drug-likeness (QED) is 0.226. The van der Waals surface area contributed by atoms with Crippen LogP contribution in [0.15, 0.2) is 34.9 Å². The minimum atomic E-state index is -4.01. The van der Waals surface area contributed by atoms with Crippen LogP contribution in [0.2, 0.25) is 0 Å². The summed E-state index contributed by atoms with van der Waals surface area (Å²) in [6.45, 7) is 8.14. The molecule has 2 atom stereocenters. The summed E-state index contributed by atoms with van der Waals surface area (Å²) < 4.78 is 25.9. The fourth-order valence-electron chi connectivity index (χ4n) is 1.75. The second-order valence-electron chi connectivity index (χ2n) is 5.60. The first-order valence-corrected chi connectivity index (χ1v) is 10.1. The smallest absolute Gasteiger partial charge is 0.344 e. The third-order valence-corrected chi connectivity index (χ3v) is 5.21. The maximum atomic E-state index is 11.4. The van der Waals surface area contributed by atoms with Crippen molar-refractivity contribution >= 4 is 15.9 Å². The van der Waals surface area contributed by atoms with E-state index in [2.05, 4.69) is 37.2 Å². The summed E-state index contributed by atoms with van der Waals surface area (Å²) >= 11 is 0. The second kappa shape index (κ2) is 16.8. The summed E-state index contributed by atoms with van der Waals surface area (Å²) in [5.41, 5.74) is 3.62. The SMILES string of the molecule is CC(C)=CCCC(C)=CCCC(C)=CCP(=O)(O)O[P+](=O)O.N.N.N. The molecule has 0 heterocycles. The summed E-state index contributed by atoms with van der Waals surface area (Å²) in [5.74, 6) is 0. The van der Waals surface area contributed by atoms with E-state index in [0.29, 0.717) is 0 Å². The summed E-state index contributed by atoms with van der Waals surface area (Å²) in [6, 6.07) is 0. The molecule has 0 aliphatic carbocycles. The number of hydrogen-bond acceptors (Lipinski definition) is 6. The summed E-state index contributed by atoms with van der Waals surface area (Å²) in [4.78, 5) is 17.8. The number of allylic oxidation sites excluding steroid dienone is 6. The maximum absolute atomic E-state index is 11.4.